The molecular weight excluding hydrogens is 253 g/mol. The molecule has 3 heteroatoms. The van der Waals surface area contributed by atoms with E-state index >= 15 is 0 Å². The van der Waals surface area contributed by atoms with Gasteiger partial charge in [-0.1, -0.05) is 26.7 Å². The monoisotopic (exact) mass is 277 g/mol. The Kier molecular flexibility index (Phi) is 3.72. The maximum Gasteiger partial charge on any atom is 0.123 e. The Morgan fingerprint density at radius 2 is 2.20 bits per heavy atom. The summed E-state index contributed by atoms with van der Waals surface area (Å²) in [4.78, 5) is 0. The van der Waals surface area contributed by atoms with E-state index in [0.29, 0.717) is 11.5 Å². The first-order valence-electron chi connectivity index (χ1n) is 7.73. The Hall–Kier alpha value is -1.09. The highest BCUT2D eigenvalue weighted by Gasteiger charge is 2.33. The second kappa shape index (κ2) is 5.36. The first-order chi connectivity index (χ1) is 9.54. The molecule has 1 aliphatic heterocycles. The zero-order valence-electron chi connectivity index (χ0n) is 12.4. The quantitative estimate of drug-likeness (QED) is 0.910. The van der Waals surface area contributed by atoms with Crippen molar-refractivity contribution < 1.29 is 9.13 Å². The lowest BCUT2D eigenvalue weighted by Gasteiger charge is -2.39. The molecule has 0 saturated heterocycles. The van der Waals surface area contributed by atoms with E-state index in [-0.39, 0.29) is 11.9 Å². The number of hydrogen-bond donors (Lipinski definition) is 1. The highest BCUT2D eigenvalue weighted by atomic mass is 19.1. The minimum atomic E-state index is -0.172. The van der Waals surface area contributed by atoms with Gasteiger partial charge in [-0.25, -0.2) is 4.39 Å². The van der Waals surface area contributed by atoms with Crippen LogP contribution in [-0.2, 0) is 6.42 Å². The molecule has 1 aromatic rings. The standard InChI is InChI=1S/C17H24FNO/c1-17(2)8-4-3-5-16(17)19-11-14-10-12-9-13(18)6-7-15(12)20-14/h6-7,9,14,16,19H,3-5,8,10-11H2,1-2H3. The highest BCUT2D eigenvalue weighted by Crippen LogP contribution is 2.36. The Labute approximate surface area is 120 Å². The largest absolute Gasteiger partial charge is 0.488 e. The first kappa shape index (κ1) is 13.9. The predicted octanol–water partition coefficient (Wildman–Crippen LogP) is 3.69. The van der Waals surface area contributed by atoms with E-state index in [0.717, 1.165) is 24.3 Å². The van der Waals surface area contributed by atoms with Gasteiger partial charge in [0.25, 0.3) is 0 Å². The lowest BCUT2D eigenvalue weighted by Crippen LogP contribution is -2.47. The van der Waals surface area contributed by atoms with Crippen LogP contribution in [0.4, 0.5) is 4.39 Å². The summed E-state index contributed by atoms with van der Waals surface area (Å²) in [5, 5.41) is 3.68. The third-order valence-corrected chi connectivity index (χ3v) is 4.86. The van der Waals surface area contributed by atoms with E-state index in [1.165, 1.54) is 31.7 Å². The average Bonchev–Trinajstić information content (AvgIpc) is 2.79. The van der Waals surface area contributed by atoms with Gasteiger partial charge in [-0.05, 0) is 36.5 Å². The number of nitrogens with one attached hydrogen (secondary N) is 1. The van der Waals surface area contributed by atoms with E-state index in [4.69, 9.17) is 4.74 Å². The number of benzene rings is 1. The maximum atomic E-state index is 13.2. The van der Waals surface area contributed by atoms with Gasteiger partial charge in [-0.2, -0.15) is 0 Å². The van der Waals surface area contributed by atoms with E-state index in [9.17, 15) is 4.39 Å². The van der Waals surface area contributed by atoms with Crippen LogP contribution in [0.15, 0.2) is 18.2 Å². The Morgan fingerprint density at radius 1 is 1.35 bits per heavy atom. The first-order valence-corrected chi connectivity index (χ1v) is 7.73. The van der Waals surface area contributed by atoms with E-state index in [2.05, 4.69) is 19.2 Å². The molecule has 0 spiro atoms. The molecule has 110 valence electrons. The fourth-order valence-electron chi connectivity index (χ4n) is 3.55. The summed E-state index contributed by atoms with van der Waals surface area (Å²) >= 11 is 0. The van der Waals surface area contributed by atoms with Crippen LogP contribution in [0, 0.1) is 11.2 Å². The molecule has 3 rings (SSSR count). The van der Waals surface area contributed by atoms with Crippen molar-refractivity contribution in [1.29, 1.82) is 0 Å². The van der Waals surface area contributed by atoms with Gasteiger partial charge < -0.3 is 10.1 Å². The fraction of sp³-hybridized carbons (Fsp3) is 0.647. The maximum absolute atomic E-state index is 13.2. The predicted molar refractivity (Wildman–Crippen MR) is 78.6 cm³/mol. The van der Waals surface area contributed by atoms with Gasteiger partial charge in [-0.15, -0.1) is 0 Å². The van der Waals surface area contributed by atoms with Gasteiger partial charge >= 0.3 is 0 Å². The summed E-state index contributed by atoms with van der Waals surface area (Å²) < 4.78 is 19.1. The summed E-state index contributed by atoms with van der Waals surface area (Å²) in [7, 11) is 0. The third kappa shape index (κ3) is 2.83. The van der Waals surface area contributed by atoms with Crippen molar-refractivity contribution in [2.45, 2.75) is 58.1 Å². The molecule has 1 aliphatic carbocycles. The van der Waals surface area contributed by atoms with Crippen LogP contribution >= 0.6 is 0 Å². The van der Waals surface area contributed by atoms with E-state index < -0.39 is 0 Å². The van der Waals surface area contributed by atoms with Crippen molar-refractivity contribution >= 4 is 0 Å². The van der Waals surface area contributed by atoms with Crippen molar-refractivity contribution in [3.8, 4) is 5.75 Å². The van der Waals surface area contributed by atoms with Gasteiger partial charge in [0.15, 0.2) is 0 Å². The molecule has 0 amide bonds. The fourth-order valence-corrected chi connectivity index (χ4v) is 3.55. The highest BCUT2D eigenvalue weighted by molar-refractivity contribution is 5.37. The van der Waals surface area contributed by atoms with Crippen molar-refractivity contribution in [2.24, 2.45) is 5.41 Å². The smallest absolute Gasteiger partial charge is 0.123 e. The normalized spacial score (nSPS) is 27.9. The SMILES string of the molecule is CC1(C)CCCCC1NCC1Cc2cc(F)ccc2O1. The van der Waals surface area contributed by atoms with Crippen molar-refractivity contribution in [2.75, 3.05) is 6.54 Å². The van der Waals surface area contributed by atoms with Crippen LogP contribution in [-0.4, -0.2) is 18.7 Å². The minimum absolute atomic E-state index is 0.143. The molecule has 2 aliphatic rings. The van der Waals surface area contributed by atoms with Crippen LogP contribution in [0.5, 0.6) is 5.75 Å². The zero-order chi connectivity index (χ0) is 14.2. The Bertz CT molecular complexity index is 486. The third-order valence-electron chi connectivity index (χ3n) is 4.86. The summed E-state index contributed by atoms with van der Waals surface area (Å²) in [6.45, 7) is 5.55. The van der Waals surface area contributed by atoms with Crippen molar-refractivity contribution in [3.05, 3.63) is 29.6 Å². The van der Waals surface area contributed by atoms with Crippen molar-refractivity contribution in [3.63, 3.8) is 0 Å². The molecule has 2 atom stereocenters. The molecule has 1 saturated carbocycles. The van der Waals surface area contributed by atoms with E-state index in [1.807, 2.05) is 0 Å². The van der Waals surface area contributed by atoms with Gasteiger partial charge in [0.1, 0.15) is 17.7 Å². The number of halogens is 1. The topological polar surface area (TPSA) is 21.3 Å². The molecule has 1 fully saturated rings. The number of ether oxygens (including phenoxy) is 1. The molecule has 0 radical (unpaired) electrons. The minimum Gasteiger partial charge on any atom is -0.488 e. The number of hydrogen-bond acceptors (Lipinski definition) is 2. The van der Waals surface area contributed by atoms with Gasteiger partial charge in [0.05, 0.1) is 0 Å². The Balaban J connectivity index is 1.56. The second-order valence-corrected chi connectivity index (χ2v) is 6.89. The van der Waals surface area contributed by atoms with Crippen molar-refractivity contribution in [1.82, 2.24) is 5.32 Å². The van der Waals surface area contributed by atoms with Crippen LogP contribution in [0.2, 0.25) is 0 Å². The molecule has 0 aromatic heterocycles. The molecule has 1 aromatic carbocycles. The molecular formula is C17H24FNO. The summed E-state index contributed by atoms with van der Waals surface area (Å²) in [6.07, 6.45) is 6.16. The summed E-state index contributed by atoms with van der Waals surface area (Å²) in [5.41, 5.74) is 1.37. The van der Waals surface area contributed by atoms with Crippen LogP contribution in [0.25, 0.3) is 0 Å². The Morgan fingerprint density at radius 3 is 3.00 bits per heavy atom. The molecule has 1 N–H and O–H groups in total. The molecule has 1 heterocycles. The lowest BCUT2D eigenvalue weighted by atomic mass is 9.73. The van der Waals surface area contributed by atoms with Gasteiger partial charge in [-0.3, -0.25) is 0 Å². The zero-order valence-corrected chi connectivity index (χ0v) is 12.4. The molecule has 2 unspecified atom stereocenters. The second-order valence-electron chi connectivity index (χ2n) is 6.89. The van der Waals surface area contributed by atoms with Crippen LogP contribution in [0.3, 0.4) is 0 Å². The summed E-state index contributed by atoms with van der Waals surface area (Å²) in [5.74, 6) is 0.676. The van der Waals surface area contributed by atoms with E-state index in [1.54, 1.807) is 12.1 Å². The van der Waals surface area contributed by atoms with Crippen LogP contribution in [0.1, 0.15) is 45.1 Å². The van der Waals surface area contributed by atoms with Gasteiger partial charge in [0.2, 0.25) is 0 Å². The van der Waals surface area contributed by atoms with Gasteiger partial charge in [0, 0.05) is 24.6 Å². The molecule has 20 heavy (non-hydrogen) atoms. The molecule has 2 nitrogen and oxygen atoms in total. The summed E-state index contributed by atoms with van der Waals surface area (Å²) in [6, 6.07) is 5.38. The number of rotatable bonds is 3. The van der Waals surface area contributed by atoms with Crippen LogP contribution < -0.4 is 10.1 Å². The average molecular weight is 277 g/mol. The number of fused-ring (bicyclic) bond motifs is 1. The lowest BCUT2D eigenvalue weighted by molar-refractivity contribution is 0.145. The molecule has 0 bridgehead atoms.